The van der Waals surface area contributed by atoms with Crippen LogP contribution in [0.2, 0.25) is 0 Å². The zero-order chi connectivity index (χ0) is 17.1. The average molecular weight is 333 g/mol. The second-order valence-electron chi connectivity index (χ2n) is 6.25. The fourth-order valence-corrected chi connectivity index (χ4v) is 3.12. The largest absolute Gasteiger partial charge is 0.423 e. The minimum atomic E-state index is -0.341. The summed E-state index contributed by atoms with van der Waals surface area (Å²) in [5.41, 5.74) is 1.85. The number of amides is 1. The number of carbonyl (C=O) groups excluding carboxylic acids is 2. The Kier molecular flexibility index (Phi) is 5.01. The number of hydrogen-bond donors (Lipinski definition) is 1. The van der Waals surface area contributed by atoms with Crippen molar-refractivity contribution in [3.05, 3.63) is 23.8 Å². The molecule has 0 spiro atoms. The molecule has 2 aliphatic rings. The first-order valence-electron chi connectivity index (χ1n) is 8.24. The number of piperazine rings is 1. The van der Waals surface area contributed by atoms with Crippen LogP contribution in [-0.2, 0) is 9.59 Å². The van der Waals surface area contributed by atoms with Crippen molar-refractivity contribution >= 4 is 17.6 Å². The van der Waals surface area contributed by atoms with Crippen molar-refractivity contribution < 1.29 is 19.4 Å². The molecule has 0 saturated carbocycles. The predicted molar refractivity (Wildman–Crippen MR) is 89.1 cm³/mol. The highest BCUT2D eigenvalue weighted by Crippen LogP contribution is 2.32. The molecule has 1 aromatic carbocycles. The highest BCUT2D eigenvalue weighted by molar-refractivity contribution is 5.89. The van der Waals surface area contributed by atoms with E-state index in [1.54, 1.807) is 11.0 Å². The van der Waals surface area contributed by atoms with Crippen molar-refractivity contribution in [2.75, 3.05) is 57.3 Å². The minimum absolute atomic E-state index is 0.0146. The lowest BCUT2D eigenvalue weighted by Gasteiger charge is -2.36. The lowest BCUT2D eigenvalue weighted by molar-refractivity contribution is -0.134. The van der Waals surface area contributed by atoms with Gasteiger partial charge in [-0.05, 0) is 24.6 Å². The number of esters is 1. The van der Waals surface area contributed by atoms with Gasteiger partial charge in [0.15, 0.2) is 5.75 Å². The highest BCUT2D eigenvalue weighted by atomic mass is 16.5. The van der Waals surface area contributed by atoms with Crippen LogP contribution in [0, 0.1) is 6.92 Å². The molecule has 0 unspecified atom stereocenters. The van der Waals surface area contributed by atoms with Crippen LogP contribution in [-0.4, -0.2) is 79.2 Å². The number of rotatable bonds is 4. The third kappa shape index (κ3) is 3.68. The maximum Gasteiger partial charge on any atom is 0.331 e. The Morgan fingerprint density at radius 3 is 2.71 bits per heavy atom. The zero-order valence-corrected chi connectivity index (χ0v) is 13.9. The molecule has 1 N–H and O–H groups in total. The number of nitrogens with zero attached hydrogens (tertiary/aromatic N) is 3. The molecule has 2 heterocycles. The Hall–Kier alpha value is -2.12. The van der Waals surface area contributed by atoms with Crippen molar-refractivity contribution in [3.8, 4) is 5.75 Å². The van der Waals surface area contributed by atoms with Gasteiger partial charge in [-0.15, -0.1) is 0 Å². The molecule has 0 bridgehead atoms. The lowest BCUT2D eigenvalue weighted by atomic mass is 10.1. The molecule has 2 aliphatic heterocycles. The summed E-state index contributed by atoms with van der Waals surface area (Å²) >= 11 is 0. The maximum atomic E-state index is 12.6. The molecule has 0 atom stereocenters. The second kappa shape index (κ2) is 7.19. The Balaban J connectivity index is 1.65. The molecule has 130 valence electrons. The third-order valence-electron chi connectivity index (χ3n) is 4.47. The average Bonchev–Trinajstić information content (AvgIpc) is 2.56. The van der Waals surface area contributed by atoms with Gasteiger partial charge in [0.1, 0.15) is 6.54 Å². The Morgan fingerprint density at radius 1 is 1.25 bits per heavy atom. The molecule has 0 aromatic heterocycles. The molecule has 3 rings (SSSR count). The molecular weight excluding hydrogens is 310 g/mol. The zero-order valence-electron chi connectivity index (χ0n) is 13.9. The van der Waals surface area contributed by atoms with Crippen molar-refractivity contribution in [1.29, 1.82) is 0 Å². The fourth-order valence-electron chi connectivity index (χ4n) is 3.12. The van der Waals surface area contributed by atoms with E-state index >= 15 is 0 Å². The van der Waals surface area contributed by atoms with Gasteiger partial charge >= 0.3 is 5.97 Å². The van der Waals surface area contributed by atoms with Crippen LogP contribution in [0.1, 0.15) is 5.56 Å². The monoisotopic (exact) mass is 333 g/mol. The summed E-state index contributed by atoms with van der Waals surface area (Å²) in [6.45, 7) is 5.85. The summed E-state index contributed by atoms with van der Waals surface area (Å²) in [4.78, 5) is 30.1. The van der Waals surface area contributed by atoms with Crippen molar-refractivity contribution in [2.45, 2.75) is 6.92 Å². The Labute approximate surface area is 141 Å². The molecule has 7 heteroatoms. The summed E-state index contributed by atoms with van der Waals surface area (Å²) in [5, 5.41) is 8.98. The molecular formula is C17H23N3O4. The Morgan fingerprint density at radius 2 is 2.00 bits per heavy atom. The molecule has 24 heavy (non-hydrogen) atoms. The SMILES string of the molecule is Cc1ccc2c(c1)N(CC(=O)N1CCN(CCO)CC1)CC(=O)O2. The normalized spacial score (nSPS) is 18.3. The van der Waals surface area contributed by atoms with Crippen LogP contribution in [0.3, 0.4) is 0 Å². The number of fused-ring (bicyclic) bond motifs is 1. The highest BCUT2D eigenvalue weighted by Gasteiger charge is 2.28. The van der Waals surface area contributed by atoms with Crippen molar-refractivity contribution in [1.82, 2.24) is 9.80 Å². The van der Waals surface area contributed by atoms with E-state index < -0.39 is 0 Å². The summed E-state index contributed by atoms with van der Waals surface area (Å²) in [6.07, 6.45) is 0. The third-order valence-corrected chi connectivity index (χ3v) is 4.47. The van der Waals surface area contributed by atoms with E-state index in [-0.39, 0.29) is 31.6 Å². The second-order valence-corrected chi connectivity index (χ2v) is 6.25. The van der Waals surface area contributed by atoms with Gasteiger partial charge in [-0.2, -0.15) is 0 Å². The summed E-state index contributed by atoms with van der Waals surface area (Å²) in [7, 11) is 0. The van der Waals surface area contributed by atoms with E-state index in [0.29, 0.717) is 25.4 Å². The van der Waals surface area contributed by atoms with E-state index in [1.807, 2.05) is 24.0 Å². The first kappa shape index (κ1) is 16.7. The van der Waals surface area contributed by atoms with Crippen LogP contribution in [0.15, 0.2) is 18.2 Å². The molecule has 1 saturated heterocycles. The lowest BCUT2D eigenvalue weighted by Crippen LogP contribution is -2.52. The number of aliphatic hydroxyl groups excluding tert-OH is 1. The molecule has 1 aromatic rings. The number of aryl methyl sites for hydroxylation is 1. The van der Waals surface area contributed by atoms with Crippen LogP contribution in [0.25, 0.3) is 0 Å². The fraction of sp³-hybridized carbons (Fsp3) is 0.529. The molecule has 0 aliphatic carbocycles. The van der Waals surface area contributed by atoms with Gasteiger partial charge in [-0.1, -0.05) is 6.07 Å². The predicted octanol–water partition coefficient (Wildman–Crippen LogP) is -0.143. The summed E-state index contributed by atoms with van der Waals surface area (Å²) < 4.78 is 5.25. The van der Waals surface area contributed by atoms with Crippen LogP contribution >= 0.6 is 0 Å². The topological polar surface area (TPSA) is 73.3 Å². The first-order chi connectivity index (χ1) is 11.6. The van der Waals surface area contributed by atoms with Gasteiger partial charge in [0.2, 0.25) is 5.91 Å². The number of anilines is 1. The molecule has 1 amide bonds. The molecule has 7 nitrogen and oxygen atoms in total. The number of ether oxygens (including phenoxy) is 1. The van der Waals surface area contributed by atoms with E-state index in [0.717, 1.165) is 24.3 Å². The van der Waals surface area contributed by atoms with E-state index in [2.05, 4.69) is 4.90 Å². The van der Waals surface area contributed by atoms with Crippen LogP contribution in [0.4, 0.5) is 5.69 Å². The summed E-state index contributed by atoms with van der Waals surface area (Å²) in [6, 6.07) is 5.60. The minimum Gasteiger partial charge on any atom is -0.423 e. The van der Waals surface area contributed by atoms with Gasteiger partial charge in [0.05, 0.1) is 18.8 Å². The number of β-amino-alcohol motifs (C(OH)–C–C–N with tert-alkyl or cyclic N) is 1. The standard InChI is InChI=1S/C17H23N3O4/c1-13-2-3-15-14(10-13)20(12-17(23)24-15)11-16(22)19-6-4-18(5-7-19)8-9-21/h2-3,10,21H,4-9,11-12H2,1H3. The van der Waals surface area contributed by atoms with Crippen LogP contribution < -0.4 is 9.64 Å². The van der Waals surface area contributed by atoms with Gasteiger partial charge in [0, 0.05) is 32.7 Å². The van der Waals surface area contributed by atoms with Crippen molar-refractivity contribution in [3.63, 3.8) is 0 Å². The number of hydrogen-bond acceptors (Lipinski definition) is 6. The number of aliphatic hydroxyl groups is 1. The molecule has 0 radical (unpaired) electrons. The van der Waals surface area contributed by atoms with Gasteiger partial charge in [-0.25, -0.2) is 4.79 Å². The van der Waals surface area contributed by atoms with E-state index in [4.69, 9.17) is 9.84 Å². The summed E-state index contributed by atoms with van der Waals surface area (Å²) in [5.74, 6) is 0.185. The van der Waals surface area contributed by atoms with Crippen molar-refractivity contribution in [2.24, 2.45) is 0 Å². The van der Waals surface area contributed by atoms with Gasteiger partial charge < -0.3 is 19.6 Å². The van der Waals surface area contributed by atoms with Crippen LogP contribution in [0.5, 0.6) is 5.75 Å². The first-order valence-corrected chi connectivity index (χ1v) is 8.24. The molecule has 1 fully saturated rings. The van der Waals surface area contributed by atoms with E-state index in [9.17, 15) is 9.59 Å². The van der Waals surface area contributed by atoms with Gasteiger partial charge in [-0.3, -0.25) is 9.69 Å². The quantitative estimate of drug-likeness (QED) is 0.611. The van der Waals surface area contributed by atoms with E-state index in [1.165, 1.54) is 0 Å². The van der Waals surface area contributed by atoms with Gasteiger partial charge in [0.25, 0.3) is 0 Å². The smallest absolute Gasteiger partial charge is 0.331 e. The maximum absolute atomic E-state index is 12.6. The number of benzene rings is 1. The number of carbonyl (C=O) groups is 2. The Bertz CT molecular complexity index is 626.